The van der Waals surface area contributed by atoms with E-state index in [1.54, 1.807) is 0 Å². The average Bonchev–Trinajstić information content (AvgIpc) is 3.19. The highest BCUT2D eigenvalue weighted by Gasteiger charge is 2.45. The second kappa shape index (κ2) is 8.17. The van der Waals surface area contributed by atoms with Gasteiger partial charge in [-0.05, 0) is 11.4 Å². The van der Waals surface area contributed by atoms with Crippen LogP contribution in [0.3, 0.4) is 0 Å². The minimum Gasteiger partial charge on any atom is -0.387 e. The van der Waals surface area contributed by atoms with Crippen LogP contribution in [0.15, 0.2) is 39.4 Å². The van der Waals surface area contributed by atoms with Crippen molar-refractivity contribution >= 4 is 19.2 Å². The summed E-state index contributed by atoms with van der Waals surface area (Å²) in [5.41, 5.74) is -1.38. The van der Waals surface area contributed by atoms with E-state index in [0.29, 0.717) is 6.54 Å². The molecule has 0 aliphatic carbocycles. The first-order chi connectivity index (χ1) is 12.7. The van der Waals surface area contributed by atoms with Crippen molar-refractivity contribution in [3.63, 3.8) is 0 Å². The predicted octanol–water partition coefficient (Wildman–Crippen LogP) is -0.876. The number of nitrogens with one attached hydrogen (secondary N) is 2. The van der Waals surface area contributed by atoms with Crippen molar-refractivity contribution in [3.05, 3.63) is 55.5 Å². The average molecular weight is 419 g/mol. The first kappa shape index (κ1) is 20.1. The Balaban J connectivity index is 1.81. The lowest BCUT2D eigenvalue weighted by Crippen LogP contribution is -2.46. The van der Waals surface area contributed by atoms with Gasteiger partial charge in [0.25, 0.3) is 5.56 Å². The lowest BCUT2D eigenvalue weighted by Gasteiger charge is -2.21. The maximum Gasteiger partial charge on any atom is 0.469 e. The highest BCUT2D eigenvalue weighted by Crippen LogP contribution is 2.38. The van der Waals surface area contributed by atoms with Crippen molar-refractivity contribution in [1.82, 2.24) is 14.9 Å². The normalized spacial score (nSPS) is 25.7. The third-order valence-electron chi connectivity index (χ3n) is 4.00. The van der Waals surface area contributed by atoms with Crippen LogP contribution in [0.5, 0.6) is 0 Å². The summed E-state index contributed by atoms with van der Waals surface area (Å²) in [4.78, 5) is 44.1. The number of hydrogen-bond acceptors (Lipinski definition) is 8. The Morgan fingerprint density at radius 2 is 2.15 bits per heavy atom. The fourth-order valence-corrected chi connectivity index (χ4v) is 3.79. The van der Waals surface area contributed by atoms with E-state index in [1.807, 2.05) is 17.5 Å². The van der Waals surface area contributed by atoms with Crippen LogP contribution < -0.4 is 16.6 Å². The molecule has 148 valence electrons. The molecular weight excluding hydrogens is 401 g/mol. The smallest absolute Gasteiger partial charge is 0.387 e. The van der Waals surface area contributed by atoms with Gasteiger partial charge >= 0.3 is 13.5 Å². The Kier molecular flexibility index (Phi) is 6.08. The van der Waals surface area contributed by atoms with E-state index in [4.69, 9.17) is 14.5 Å². The minimum absolute atomic E-state index is 0.377. The fourth-order valence-electron chi connectivity index (χ4n) is 2.80. The van der Waals surface area contributed by atoms with Crippen LogP contribution in [-0.4, -0.2) is 49.3 Å². The van der Waals surface area contributed by atoms with Crippen molar-refractivity contribution < 1.29 is 28.7 Å². The molecule has 0 amide bonds. The van der Waals surface area contributed by atoms with Crippen LogP contribution in [0.2, 0.25) is 0 Å². The standard InChI is InChI=1S/C14H18N3O8PS/c18-10-3-4-17(14(20)16-10)13-12(19)11(15-6-8-2-1-5-27-8)9(25-13)7-24-26(21,22)23/h1-5,9,11-13,15,19H,6-7H2,(H,16,18,20)(H2,21,22,23)/t9-,11-,12-,13-/m1/s1. The van der Waals surface area contributed by atoms with Gasteiger partial charge in [-0.2, -0.15) is 0 Å². The first-order valence-electron chi connectivity index (χ1n) is 7.85. The molecule has 11 nitrogen and oxygen atoms in total. The van der Waals surface area contributed by atoms with Crippen LogP contribution in [-0.2, 0) is 20.4 Å². The van der Waals surface area contributed by atoms with Crippen molar-refractivity contribution in [2.45, 2.75) is 31.0 Å². The van der Waals surface area contributed by atoms with Crippen LogP contribution in [0.1, 0.15) is 11.1 Å². The van der Waals surface area contributed by atoms with Crippen molar-refractivity contribution in [2.24, 2.45) is 0 Å². The van der Waals surface area contributed by atoms with E-state index in [1.165, 1.54) is 17.5 Å². The van der Waals surface area contributed by atoms with Gasteiger partial charge in [0, 0.05) is 23.7 Å². The molecule has 1 fully saturated rings. The van der Waals surface area contributed by atoms with Gasteiger partial charge in [-0.1, -0.05) is 6.07 Å². The number of aromatic amines is 1. The molecule has 1 aliphatic heterocycles. The van der Waals surface area contributed by atoms with Gasteiger partial charge in [0.2, 0.25) is 0 Å². The minimum atomic E-state index is -4.74. The molecule has 4 atom stereocenters. The van der Waals surface area contributed by atoms with Crippen LogP contribution in [0, 0.1) is 0 Å². The number of ether oxygens (including phenoxy) is 1. The Hall–Kier alpha value is -1.63. The van der Waals surface area contributed by atoms with Gasteiger partial charge in [-0.3, -0.25) is 18.9 Å². The number of phosphoric acid groups is 1. The molecule has 0 bridgehead atoms. The second-order valence-electron chi connectivity index (χ2n) is 5.85. The second-order valence-corrected chi connectivity index (χ2v) is 8.12. The molecule has 1 aliphatic rings. The summed E-state index contributed by atoms with van der Waals surface area (Å²) < 4.78 is 22.1. The number of aliphatic hydroxyl groups excluding tert-OH is 1. The highest BCUT2D eigenvalue weighted by atomic mass is 32.1. The van der Waals surface area contributed by atoms with Gasteiger partial charge in [-0.15, -0.1) is 11.3 Å². The summed E-state index contributed by atoms with van der Waals surface area (Å²) in [6.07, 6.45) is -2.17. The lowest BCUT2D eigenvalue weighted by molar-refractivity contribution is -0.0527. The van der Waals surface area contributed by atoms with Crippen molar-refractivity contribution in [2.75, 3.05) is 6.61 Å². The lowest BCUT2D eigenvalue weighted by atomic mass is 10.1. The third-order valence-corrected chi connectivity index (χ3v) is 5.36. The summed E-state index contributed by atoms with van der Waals surface area (Å²) in [5.74, 6) is 0. The van der Waals surface area contributed by atoms with Crippen LogP contribution in [0.4, 0.5) is 0 Å². The largest absolute Gasteiger partial charge is 0.469 e. The van der Waals surface area contributed by atoms with Gasteiger partial charge < -0.3 is 24.9 Å². The maximum atomic E-state index is 12.0. The summed E-state index contributed by atoms with van der Waals surface area (Å²) >= 11 is 1.49. The molecule has 3 rings (SSSR count). The number of aromatic nitrogens is 2. The predicted molar refractivity (Wildman–Crippen MR) is 94.2 cm³/mol. The number of nitrogens with zero attached hydrogens (tertiary/aromatic N) is 1. The number of H-pyrrole nitrogens is 1. The molecular formula is C14H18N3O8PS. The van der Waals surface area contributed by atoms with Crippen molar-refractivity contribution in [3.8, 4) is 0 Å². The molecule has 0 saturated carbocycles. The zero-order valence-electron chi connectivity index (χ0n) is 13.8. The van der Waals surface area contributed by atoms with Gasteiger partial charge in [0.1, 0.15) is 12.2 Å². The molecule has 0 radical (unpaired) electrons. The Bertz CT molecular complexity index is 923. The summed E-state index contributed by atoms with van der Waals surface area (Å²) in [7, 11) is -4.74. The Morgan fingerprint density at radius 1 is 1.37 bits per heavy atom. The number of aliphatic hydroxyl groups is 1. The molecule has 0 spiro atoms. The van der Waals surface area contributed by atoms with Crippen LogP contribution >= 0.6 is 19.2 Å². The van der Waals surface area contributed by atoms with E-state index < -0.39 is 50.2 Å². The van der Waals surface area contributed by atoms with E-state index in [0.717, 1.165) is 15.5 Å². The quantitative estimate of drug-likeness (QED) is 0.359. The topological polar surface area (TPSA) is 163 Å². The third kappa shape index (κ3) is 5.00. The van der Waals surface area contributed by atoms with Crippen LogP contribution in [0.25, 0.3) is 0 Å². The van der Waals surface area contributed by atoms with E-state index >= 15 is 0 Å². The van der Waals surface area contributed by atoms with E-state index in [9.17, 15) is 19.3 Å². The number of phosphoric ester groups is 1. The summed E-state index contributed by atoms with van der Waals surface area (Å²) in [6.45, 7) is -0.125. The first-order valence-corrected chi connectivity index (χ1v) is 10.3. The summed E-state index contributed by atoms with van der Waals surface area (Å²) in [5, 5.41) is 15.6. The molecule has 2 aromatic rings. The molecule has 0 unspecified atom stereocenters. The SMILES string of the molecule is O=c1ccn([C@@H]2O[C@H](COP(=O)(O)O)[C@@H](NCc3cccs3)[C@H]2O)c(=O)[nH]1. The fraction of sp³-hybridized carbons (Fsp3) is 0.429. The molecule has 1 saturated heterocycles. The maximum absolute atomic E-state index is 12.0. The van der Waals surface area contributed by atoms with Gasteiger partial charge in [0.05, 0.1) is 12.6 Å². The Morgan fingerprint density at radius 3 is 2.78 bits per heavy atom. The number of thiophene rings is 1. The number of rotatable bonds is 7. The molecule has 2 aromatic heterocycles. The summed E-state index contributed by atoms with van der Waals surface area (Å²) in [6, 6.07) is 4.07. The van der Waals surface area contributed by atoms with E-state index in [-0.39, 0.29) is 0 Å². The zero-order chi connectivity index (χ0) is 19.6. The molecule has 27 heavy (non-hydrogen) atoms. The van der Waals surface area contributed by atoms with Crippen molar-refractivity contribution in [1.29, 1.82) is 0 Å². The van der Waals surface area contributed by atoms with E-state index in [2.05, 4.69) is 14.8 Å². The molecule has 3 heterocycles. The highest BCUT2D eigenvalue weighted by molar-refractivity contribution is 7.46. The molecule has 5 N–H and O–H groups in total. The monoisotopic (exact) mass is 419 g/mol. The Labute approximate surface area is 156 Å². The molecule has 0 aromatic carbocycles. The molecule has 13 heteroatoms. The van der Waals surface area contributed by atoms with Gasteiger partial charge in [-0.25, -0.2) is 9.36 Å². The van der Waals surface area contributed by atoms with Gasteiger partial charge in [0.15, 0.2) is 6.23 Å². The zero-order valence-corrected chi connectivity index (χ0v) is 15.5. The number of hydrogen-bond donors (Lipinski definition) is 5.